The SMILES string of the molecule is NC1CCN(CCOc2cc(F)cc(Br)c2)CC1. The molecule has 1 aliphatic rings. The number of hydrogen-bond acceptors (Lipinski definition) is 3. The molecule has 0 amide bonds. The van der Waals surface area contributed by atoms with Crippen molar-refractivity contribution in [1.29, 1.82) is 0 Å². The van der Waals surface area contributed by atoms with Gasteiger partial charge in [-0.2, -0.15) is 0 Å². The Morgan fingerprint density at radius 1 is 1.33 bits per heavy atom. The first kappa shape index (κ1) is 13.8. The molecule has 100 valence electrons. The van der Waals surface area contributed by atoms with Crippen molar-refractivity contribution in [2.24, 2.45) is 5.73 Å². The Morgan fingerprint density at radius 2 is 2.06 bits per heavy atom. The summed E-state index contributed by atoms with van der Waals surface area (Å²) in [5.41, 5.74) is 5.85. The monoisotopic (exact) mass is 316 g/mol. The molecule has 1 heterocycles. The summed E-state index contributed by atoms with van der Waals surface area (Å²) in [7, 11) is 0. The first-order valence-corrected chi connectivity index (χ1v) is 6.99. The fraction of sp³-hybridized carbons (Fsp3) is 0.538. The van der Waals surface area contributed by atoms with Gasteiger partial charge in [-0.15, -0.1) is 0 Å². The third-order valence-corrected chi connectivity index (χ3v) is 3.60. The topological polar surface area (TPSA) is 38.5 Å². The molecule has 5 heteroatoms. The highest BCUT2D eigenvalue weighted by molar-refractivity contribution is 9.10. The van der Waals surface area contributed by atoms with Crippen LogP contribution in [0.5, 0.6) is 5.75 Å². The van der Waals surface area contributed by atoms with E-state index < -0.39 is 0 Å². The van der Waals surface area contributed by atoms with E-state index in [4.69, 9.17) is 10.5 Å². The second-order valence-corrected chi connectivity index (χ2v) is 5.55. The number of nitrogens with zero attached hydrogens (tertiary/aromatic N) is 1. The van der Waals surface area contributed by atoms with Gasteiger partial charge in [-0.05, 0) is 38.1 Å². The highest BCUT2D eigenvalue weighted by Gasteiger charge is 2.15. The summed E-state index contributed by atoms with van der Waals surface area (Å²) in [6.07, 6.45) is 2.09. The maximum Gasteiger partial charge on any atom is 0.128 e. The number of rotatable bonds is 4. The number of likely N-dealkylation sites (tertiary alicyclic amines) is 1. The van der Waals surface area contributed by atoms with Crippen LogP contribution >= 0.6 is 15.9 Å². The lowest BCUT2D eigenvalue weighted by atomic mass is 10.1. The van der Waals surface area contributed by atoms with Crippen LogP contribution in [0.15, 0.2) is 22.7 Å². The molecule has 1 aromatic rings. The zero-order valence-electron chi connectivity index (χ0n) is 10.2. The van der Waals surface area contributed by atoms with Crippen LogP contribution in [-0.4, -0.2) is 37.2 Å². The number of hydrogen-bond donors (Lipinski definition) is 1. The quantitative estimate of drug-likeness (QED) is 0.927. The maximum atomic E-state index is 13.1. The van der Waals surface area contributed by atoms with Crippen molar-refractivity contribution in [1.82, 2.24) is 4.90 Å². The van der Waals surface area contributed by atoms with Crippen molar-refractivity contribution in [2.75, 3.05) is 26.2 Å². The molecule has 2 rings (SSSR count). The summed E-state index contributed by atoms with van der Waals surface area (Å²) in [5, 5.41) is 0. The second kappa shape index (κ2) is 6.50. The Balaban J connectivity index is 1.74. The van der Waals surface area contributed by atoms with E-state index in [9.17, 15) is 4.39 Å². The molecular weight excluding hydrogens is 299 g/mol. The van der Waals surface area contributed by atoms with Crippen molar-refractivity contribution in [3.63, 3.8) is 0 Å². The molecule has 1 aliphatic heterocycles. The lowest BCUT2D eigenvalue weighted by molar-refractivity contribution is 0.174. The molecule has 0 spiro atoms. The largest absolute Gasteiger partial charge is 0.492 e. The Bertz CT molecular complexity index is 374. The predicted octanol–water partition coefficient (Wildman–Crippen LogP) is 2.39. The molecule has 0 radical (unpaired) electrons. The number of ether oxygens (including phenoxy) is 1. The van der Waals surface area contributed by atoms with E-state index in [0.717, 1.165) is 32.5 Å². The molecule has 1 aromatic carbocycles. The molecule has 0 unspecified atom stereocenters. The zero-order chi connectivity index (χ0) is 13.0. The standard InChI is InChI=1S/C13H18BrFN2O/c14-10-7-11(15)9-13(8-10)18-6-5-17-3-1-12(16)2-4-17/h7-9,12H,1-6,16H2. The van der Waals surface area contributed by atoms with Crippen LogP contribution < -0.4 is 10.5 Å². The summed E-state index contributed by atoms with van der Waals surface area (Å²) >= 11 is 3.24. The van der Waals surface area contributed by atoms with E-state index in [2.05, 4.69) is 20.8 Å². The number of nitrogens with two attached hydrogens (primary N) is 1. The maximum absolute atomic E-state index is 13.1. The van der Waals surface area contributed by atoms with Gasteiger partial charge in [0.15, 0.2) is 0 Å². The van der Waals surface area contributed by atoms with Gasteiger partial charge in [-0.1, -0.05) is 15.9 Å². The molecule has 1 fully saturated rings. The average Bonchev–Trinajstić information content (AvgIpc) is 2.30. The lowest BCUT2D eigenvalue weighted by Gasteiger charge is -2.29. The van der Waals surface area contributed by atoms with Gasteiger partial charge in [0.1, 0.15) is 18.2 Å². The number of piperidine rings is 1. The van der Waals surface area contributed by atoms with Crippen LogP contribution in [0.3, 0.4) is 0 Å². The lowest BCUT2D eigenvalue weighted by Crippen LogP contribution is -2.41. The molecule has 2 N–H and O–H groups in total. The van der Waals surface area contributed by atoms with E-state index in [1.165, 1.54) is 12.1 Å². The van der Waals surface area contributed by atoms with Crippen LogP contribution in [-0.2, 0) is 0 Å². The van der Waals surface area contributed by atoms with E-state index in [1.807, 2.05) is 0 Å². The third-order valence-electron chi connectivity index (χ3n) is 3.14. The Morgan fingerprint density at radius 3 is 2.72 bits per heavy atom. The van der Waals surface area contributed by atoms with E-state index in [-0.39, 0.29) is 5.82 Å². The van der Waals surface area contributed by atoms with Gasteiger partial charge in [0, 0.05) is 23.1 Å². The molecule has 0 saturated carbocycles. The van der Waals surface area contributed by atoms with Gasteiger partial charge < -0.3 is 10.5 Å². The minimum Gasteiger partial charge on any atom is -0.492 e. The highest BCUT2D eigenvalue weighted by atomic mass is 79.9. The van der Waals surface area contributed by atoms with Gasteiger partial charge in [0.2, 0.25) is 0 Å². The minimum absolute atomic E-state index is 0.289. The fourth-order valence-electron chi connectivity index (χ4n) is 2.08. The third kappa shape index (κ3) is 4.23. The normalized spacial score (nSPS) is 17.9. The summed E-state index contributed by atoms with van der Waals surface area (Å²) in [6.45, 7) is 3.49. The molecule has 0 aliphatic carbocycles. The van der Waals surface area contributed by atoms with E-state index >= 15 is 0 Å². The fourth-order valence-corrected chi connectivity index (χ4v) is 2.53. The summed E-state index contributed by atoms with van der Waals surface area (Å²) in [4.78, 5) is 2.33. The van der Waals surface area contributed by atoms with Gasteiger partial charge in [-0.25, -0.2) is 4.39 Å². The molecule has 0 bridgehead atoms. The molecule has 0 aromatic heterocycles. The van der Waals surface area contributed by atoms with Crippen LogP contribution in [0.2, 0.25) is 0 Å². The first-order chi connectivity index (χ1) is 8.63. The second-order valence-electron chi connectivity index (χ2n) is 4.63. The van der Waals surface area contributed by atoms with Crippen molar-refractivity contribution in [2.45, 2.75) is 18.9 Å². The molecule has 1 saturated heterocycles. The van der Waals surface area contributed by atoms with Crippen molar-refractivity contribution < 1.29 is 9.13 Å². The van der Waals surface area contributed by atoms with E-state index in [1.54, 1.807) is 6.07 Å². The highest BCUT2D eigenvalue weighted by Crippen LogP contribution is 2.20. The first-order valence-electron chi connectivity index (χ1n) is 6.20. The van der Waals surface area contributed by atoms with Gasteiger partial charge >= 0.3 is 0 Å². The minimum atomic E-state index is -0.289. The van der Waals surface area contributed by atoms with Crippen LogP contribution in [0.25, 0.3) is 0 Å². The Hall–Kier alpha value is -0.650. The molecule has 18 heavy (non-hydrogen) atoms. The van der Waals surface area contributed by atoms with Crippen LogP contribution in [0.4, 0.5) is 4.39 Å². The average molecular weight is 317 g/mol. The Labute approximate surface area is 115 Å². The smallest absolute Gasteiger partial charge is 0.128 e. The van der Waals surface area contributed by atoms with Crippen LogP contribution in [0, 0.1) is 5.82 Å². The van der Waals surface area contributed by atoms with Gasteiger partial charge in [-0.3, -0.25) is 4.90 Å². The van der Waals surface area contributed by atoms with Crippen molar-refractivity contribution in [3.8, 4) is 5.75 Å². The van der Waals surface area contributed by atoms with Gasteiger partial charge in [0.05, 0.1) is 0 Å². The number of benzene rings is 1. The number of halogens is 2. The molecule has 0 atom stereocenters. The Kier molecular flexibility index (Phi) is 4.97. The molecule has 3 nitrogen and oxygen atoms in total. The van der Waals surface area contributed by atoms with Gasteiger partial charge in [0.25, 0.3) is 0 Å². The zero-order valence-corrected chi connectivity index (χ0v) is 11.8. The summed E-state index contributed by atoms with van der Waals surface area (Å²) in [5.74, 6) is 0.277. The summed E-state index contributed by atoms with van der Waals surface area (Å²) in [6, 6.07) is 4.94. The van der Waals surface area contributed by atoms with Crippen LogP contribution in [0.1, 0.15) is 12.8 Å². The molecular formula is C13H18BrFN2O. The van der Waals surface area contributed by atoms with E-state index in [0.29, 0.717) is 22.9 Å². The van der Waals surface area contributed by atoms with Crippen molar-refractivity contribution >= 4 is 15.9 Å². The van der Waals surface area contributed by atoms with Crippen molar-refractivity contribution in [3.05, 3.63) is 28.5 Å². The summed E-state index contributed by atoms with van der Waals surface area (Å²) < 4.78 is 19.4. The predicted molar refractivity (Wildman–Crippen MR) is 73.2 cm³/mol.